The molecule has 6 nitrogen and oxygen atoms in total. The SMILES string of the molecule is Cl.O=C(NCC1CCN(S(=O)(=O)c2ccccc2)CC1)C1CNC1. The van der Waals surface area contributed by atoms with Gasteiger partial charge in [0.15, 0.2) is 0 Å². The summed E-state index contributed by atoms with van der Waals surface area (Å²) in [7, 11) is -3.39. The minimum atomic E-state index is -3.39. The van der Waals surface area contributed by atoms with Gasteiger partial charge in [-0.05, 0) is 30.9 Å². The molecular formula is C16H24ClN3O3S. The van der Waals surface area contributed by atoms with Crippen molar-refractivity contribution in [2.45, 2.75) is 17.7 Å². The van der Waals surface area contributed by atoms with Crippen molar-refractivity contribution in [3.05, 3.63) is 30.3 Å². The van der Waals surface area contributed by atoms with Gasteiger partial charge in [-0.3, -0.25) is 4.79 Å². The van der Waals surface area contributed by atoms with Crippen LogP contribution in [0.3, 0.4) is 0 Å². The second-order valence-electron chi connectivity index (χ2n) is 6.26. The number of piperidine rings is 1. The highest BCUT2D eigenvalue weighted by atomic mass is 35.5. The lowest BCUT2D eigenvalue weighted by Gasteiger charge is -2.32. The average molecular weight is 374 g/mol. The van der Waals surface area contributed by atoms with Crippen LogP contribution in [-0.4, -0.2) is 51.4 Å². The van der Waals surface area contributed by atoms with Crippen LogP contribution in [0.5, 0.6) is 0 Å². The summed E-state index contributed by atoms with van der Waals surface area (Å²) >= 11 is 0. The van der Waals surface area contributed by atoms with Crippen molar-refractivity contribution >= 4 is 28.3 Å². The number of hydrogen-bond donors (Lipinski definition) is 2. The Labute approximate surface area is 149 Å². The number of sulfonamides is 1. The largest absolute Gasteiger partial charge is 0.356 e. The van der Waals surface area contributed by atoms with E-state index in [1.165, 1.54) is 0 Å². The third-order valence-corrected chi connectivity index (χ3v) is 6.58. The Hall–Kier alpha value is -1.15. The van der Waals surface area contributed by atoms with Crippen LogP contribution in [0, 0.1) is 11.8 Å². The molecule has 1 amide bonds. The van der Waals surface area contributed by atoms with Crippen LogP contribution in [0.2, 0.25) is 0 Å². The Morgan fingerprint density at radius 2 is 1.79 bits per heavy atom. The van der Waals surface area contributed by atoms with Gasteiger partial charge in [-0.25, -0.2) is 8.42 Å². The predicted molar refractivity (Wildman–Crippen MR) is 94.5 cm³/mol. The van der Waals surface area contributed by atoms with E-state index in [1.54, 1.807) is 28.6 Å². The van der Waals surface area contributed by atoms with Gasteiger partial charge in [0.25, 0.3) is 0 Å². The Balaban J connectivity index is 0.00000208. The van der Waals surface area contributed by atoms with E-state index in [4.69, 9.17) is 0 Å². The van der Waals surface area contributed by atoms with Crippen LogP contribution in [0.4, 0.5) is 0 Å². The van der Waals surface area contributed by atoms with Crippen LogP contribution in [0.25, 0.3) is 0 Å². The highest BCUT2D eigenvalue weighted by molar-refractivity contribution is 7.89. The summed E-state index contributed by atoms with van der Waals surface area (Å²) in [5.41, 5.74) is 0. The highest BCUT2D eigenvalue weighted by Gasteiger charge is 2.30. The smallest absolute Gasteiger partial charge is 0.243 e. The summed E-state index contributed by atoms with van der Waals surface area (Å²) in [4.78, 5) is 12.2. The summed E-state index contributed by atoms with van der Waals surface area (Å²) in [5, 5.41) is 6.08. The Morgan fingerprint density at radius 3 is 2.33 bits per heavy atom. The quantitative estimate of drug-likeness (QED) is 0.801. The van der Waals surface area contributed by atoms with E-state index in [1.807, 2.05) is 6.07 Å². The van der Waals surface area contributed by atoms with Crippen LogP contribution in [-0.2, 0) is 14.8 Å². The third kappa shape index (κ3) is 4.27. The van der Waals surface area contributed by atoms with E-state index in [-0.39, 0.29) is 24.2 Å². The van der Waals surface area contributed by atoms with Gasteiger partial charge >= 0.3 is 0 Å². The number of nitrogens with zero attached hydrogens (tertiary/aromatic N) is 1. The second kappa shape index (κ2) is 8.29. The molecular weight excluding hydrogens is 350 g/mol. The summed E-state index contributed by atoms with van der Waals surface area (Å²) < 4.78 is 26.6. The molecule has 2 aliphatic heterocycles. The molecule has 2 fully saturated rings. The van der Waals surface area contributed by atoms with Crippen molar-refractivity contribution in [2.75, 3.05) is 32.7 Å². The van der Waals surface area contributed by atoms with Gasteiger partial charge in [-0.1, -0.05) is 18.2 Å². The first kappa shape index (κ1) is 19.2. The monoisotopic (exact) mass is 373 g/mol. The fourth-order valence-electron chi connectivity index (χ4n) is 2.96. The first-order valence-electron chi connectivity index (χ1n) is 8.11. The van der Waals surface area contributed by atoms with Gasteiger partial charge < -0.3 is 10.6 Å². The van der Waals surface area contributed by atoms with Crippen molar-refractivity contribution in [1.29, 1.82) is 0 Å². The molecule has 2 heterocycles. The molecule has 1 aromatic carbocycles. The molecule has 1 aromatic rings. The number of nitrogens with one attached hydrogen (secondary N) is 2. The van der Waals surface area contributed by atoms with Gasteiger partial charge in [0.1, 0.15) is 0 Å². The summed E-state index contributed by atoms with van der Waals surface area (Å²) in [5.74, 6) is 0.575. The van der Waals surface area contributed by atoms with Gasteiger partial charge in [0.2, 0.25) is 15.9 Å². The second-order valence-corrected chi connectivity index (χ2v) is 8.20. The van der Waals surface area contributed by atoms with Crippen molar-refractivity contribution in [3.63, 3.8) is 0 Å². The average Bonchev–Trinajstić information content (AvgIpc) is 2.52. The first-order valence-corrected chi connectivity index (χ1v) is 9.55. The molecule has 134 valence electrons. The molecule has 0 aromatic heterocycles. The van der Waals surface area contributed by atoms with Crippen LogP contribution in [0.1, 0.15) is 12.8 Å². The molecule has 24 heavy (non-hydrogen) atoms. The van der Waals surface area contributed by atoms with Crippen molar-refractivity contribution < 1.29 is 13.2 Å². The van der Waals surface area contributed by atoms with E-state index in [9.17, 15) is 13.2 Å². The van der Waals surface area contributed by atoms with E-state index in [2.05, 4.69) is 10.6 Å². The fourth-order valence-corrected chi connectivity index (χ4v) is 4.45. The van der Waals surface area contributed by atoms with Gasteiger partial charge in [-0.15, -0.1) is 12.4 Å². The van der Waals surface area contributed by atoms with E-state index < -0.39 is 10.0 Å². The zero-order valence-electron chi connectivity index (χ0n) is 13.5. The normalized spacial score (nSPS) is 20.0. The molecule has 0 atom stereocenters. The molecule has 8 heteroatoms. The molecule has 2 N–H and O–H groups in total. The van der Waals surface area contributed by atoms with E-state index in [0.717, 1.165) is 25.9 Å². The maximum Gasteiger partial charge on any atom is 0.243 e. The predicted octanol–water partition coefficient (Wildman–Crippen LogP) is 0.845. The summed E-state index contributed by atoms with van der Waals surface area (Å²) in [6.07, 6.45) is 1.57. The van der Waals surface area contributed by atoms with Crippen molar-refractivity contribution in [1.82, 2.24) is 14.9 Å². The molecule has 0 bridgehead atoms. The fraction of sp³-hybridized carbons (Fsp3) is 0.562. The number of carbonyl (C=O) groups excluding carboxylic acids is 1. The minimum absolute atomic E-state index is 0. The maximum absolute atomic E-state index is 12.5. The Morgan fingerprint density at radius 1 is 1.17 bits per heavy atom. The highest BCUT2D eigenvalue weighted by Crippen LogP contribution is 2.23. The Kier molecular flexibility index (Phi) is 6.62. The lowest BCUT2D eigenvalue weighted by atomic mass is 9.97. The molecule has 0 radical (unpaired) electrons. The number of carbonyl (C=O) groups is 1. The molecule has 2 aliphatic rings. The number of halogens is 1. The van der Waals surface area contributed by atoms with E-state index >= 15 is 0 Å². The standard InChI is InChI=1S/C16H23N3O3S.ClH/c20-16(14-11-17-12-14)18-10-13-6-8-19(9-7-13)23(21,22)15-4-2-1-3-5-15;/h1-5,13-14,17H,6-12H2,(H,18,20);1H. The maximum atomic E-state index is 12.5. The first-order chi connectivity index (χ1) is 11.1. The number of amides is 1. The zero-order chi connectivity index (χ0) is 16.3. The topological polar surface area (TPSA) is 78.5 Å². The lowest BCUT2D eigenvalue weighted by molar-refractivity contribution is -0.126. The van der Waals surface area contributed by atoms with E-state index in [0.29, 0.717) is 30.4 Å². The van der Waals surface area contributed by atoms with Crippen LogP contribution < -0.4 is 10.6 Å². The van der Waals surface area contributed by atoms with Gasteiger partial charge in [0.05, 0.1) is 10.8 Å². The van der Waals surface area contributed by atoms with Crippen LogP contribution in [0.15, 0.2) is 35.2 Å². The third-order valence-electron chi connectivity index (χ3n) is 4.67. The number of hydrogen-bond acceptors (Lipinski definition) is 4. The molecule has 0 aliphatic carbocycles. The molecule has 3 rings (SSSR count). The van der Waals surface area contributed by atoms with Gasteiger partial charge in [-0.2, -0.15) is 4.31 Å². The minimum Gasteiger partial charge on any atom is -0.356 e. The van der Waals surface area contributed by atoms with Crippen LogP contribution >= 0.6 is 12.4 Å². The van der Waals surface area contributed by atoms with Crippen molar-refractivity contribution in [2.24, 2.45) is 11.8 Å². The number of rotatable bonds is 5. The molecule has 2 saturated heterocycles. The van der Waals surface area contributed by atoms with Crippen molar-refractivity contribution in [3.8, 4) is 0 Å². The Bertz CT molecular complexity index is 642. The lowest BCUT2D eigenvalue weighted by Crippen LogP contribution is -2.51. The molecule has 0 unspecified atom stereocenters. The summed E-state index contributed by atoms with van der Waals surface area (Å²) in [6.45, 7) is 3.21. The molecule has 0 saturated carbocycles. The zero-order valence-corrected chi connectivity index (χ0v) is 15.1. The van der Waals surface area contributed by atoms with Gasteiger partial charge in [0, 0.05) is 32.7 Å². The number of benzene rings is 1. The molecule has 0 spiro atoms. The summed E-state index contributed by atoms with van der Waals surface area (Å²) in [6, 6.07) is 8.56.